The van der Waals surface area contributed by atoms with Crippen LogP contribution >= 0.6 is 0 Å². The number of halogens is 1. The van der Waals surface area contributed by atoms with E-state index in [2.05, 4.69) is 44.8 Å². The molecule has 2 aromatic carbocycles. The van der Waals surface area contributed by atoms with Gasteiger partial charge in [-0.2, -0.15) is 10.1 Å². The number of rotatable bonds is 6. The van der Waals surface area contributed by atoms with Crippen molar-refractivity contribution in [1.29, 1.82) is 0 Å². The van der Waals surface area contributed by atoms with Crippen LogP contribution in [-0.2, 0) is 11.8 Å². The highest BCUT2D eigenvalue weighted by atomic mass is 19.1. The first-order chi connectivity index (χ1) is 19.3. The minimum Gasteiger partial charge on any atom is -0.462 e. The van der Waals surface area contributed by atoms with Gasteiger partial charge in [-0.25, -0.2) is 9.37 Å². The summed E-state index contributed by atoms with van der Waals surface area (Å²) >= 11 is 0. The first-order valence-corrected chi connectivity index (χ1v) is 13.5. The molecule has 4 aromatic rings. The zero-order chi connectivity index (χ0) is 27.8. The van der Waals surface area contributed by atoms with Gasteiger partial charge in [-0.15, -0.1) is 0 Å². The molecule has 1 amide bonds. The van der Waals surface area contributed by atoms with E-state index in [9.17, 15) is 9.18 Å². The number of ether oxygens (including phenoxy) is 2. The van der Waals surface area contributed by atoms with E-state index in [1.54, 1.807) is 31.6 Å². The molecule has 4 heterocycles. The fourth-order valence-corrected chi connectivity index (χ4v) is 5.53. The van der Waals surface area contributed by atoms with Crippen LogP contribution in [0.25, 0.3) is 21.8 Å². The zero-order valence-corrected chi connectivity index (χ0v) is 22.8. The minimum atomic E-state index is -0.506. The Kier molecular flexibility index (Phi) is 7.22. The molecule has 3 N–H and O–H groups in total. The normalized spacial score (nSPS) is 21.6. The number of hydrogen-bond donors (Lipinski definition) is 3. The second-order valence-corrected chi connectivity index (χ2v) is 10.6. The summed E-state index contributed by atoms with van der Waals surface area (Å²) in [6.07, 6.45) is 3.42. The smallest absolute Gasteiger partial charge is 0.316 e. The molecular formula is C28H33FN8O3. The maximum atomic E-state index is 14.7. The monoisotopic (exact) mass is 548 g/mol. The van der Waals surface area contributed by atoms with E-state index >= 15 is 0 Å². The van der Waals surface area contributed by atoms with Crippen LogP contribution in [0, 0.1) is 5.82 Å². The molecule has 0 spiro atoms. The molecule has 40 heavy (non-hydrogen) atoms. The molecule has 2 aliphatic rings. The SMILES string of the molecule is C[C@H]1CN(c2ccc(C(=O)Nc3cc(F)c4nn(C)cc4c3)c3nc(OCC4COCCN4)ncc23)C[C@H](C)N1. The number of nitrogens with one attached hydrogen (secondary N) is 3. The van der Waals surface area contributed by atoms with E-state index in [1.807, 2.05) is 6.07 Å². The maximum Gasteiger partial charge on any atom is 0.316 e. The van der Waals surface area contributed by atoms with Crippen molar-refractivity contribution < 1.29 is 18.7 Å². The lowest BCUT2D eigenvalue weighted by atomic mass is 10.0. The van der Waals surface area contributed by atoms with Gasteiger partial charge in [0.15, 0.2) is 5.82 Å². The lowest BCUT2D eigenvalue weighted by Crippen LogP contribution is -2.54. The molecule has 2 fully saturated rings. The quantitative estimate of drug-likeness (QED) is 0.334. The molecular weight excluding hydrogens is 515 g/mol. The molecule has 0 aliphatic carbocycles. The van der Waals surface area contributed by atoms with Gasteiger partial charge in [-0.05, 0) is 38.1 Å². The molecule has 210 valence electrons. The van der Waals surface area contributed by atoms with Gasteiger partial charge >= 0.3 is 6.01 Å². The number of benzene rings is 2. The molecule has 1 unspecified atom stereocenters. The van der Waals surface area contributed by atoms with Crippen molar-refractivity contribution in [2.45, 2.75) is 32.0 Å². The number of piperazine rings is 1. The summed E-state index contributed by atoms with van der Waals surface area (Å²) in [7, 11) is 1.72. The average molecular weight is 549 g/mol. The number of aromatic nitrogens is 4. The fraction of sp³-hybridized carbons (Fsp3) is 0.429. The van der Waals surface area contributed by atoms with Crippen molar-refractivity contribution in [1.82, 2.24) is 30.4 Å². The second-order valence-electron chi connectivity index (χ2n) is 10.6. The Morgan fingerprint density at radius 2 is 2.05 bits per heavy atom. The number of carbonyl (C=O) groups is 1. The summed E-state index contributed by atoms with van der Waals surface area (Å²) in [5.41, 5.74) is 2.34. The first-order valence-electron chi connectivity index (χ1n) is 13.5. The fourth-order valence-electron chi connectivity index (χ4n) is 5.53. The van der Waals surface area contributed by atoms with Crippen molar-refractivity contribution >= 4 is 39.1 Å². The van der Waals surface area contributed by atoms with Crippen LogP contribution in [0.4, 0.5) is 15.8 Å². The Hall–Kier alpha value is -3.87. The molecule has 6 rings (SSSR count). The van der Waals surface area contributed by atoms with Crippen molar-refractivity contribution in [3.63, 3.8) is 0 Å². The summed E-state index contributed by atoms with van der Waals surface area (Å²) in [6, 6.07) is 7.47. The van der Waals surface area contributed by atoms with E-state index in [4.69, 9.17) is 14.5 Å². The molecule has 0 saturated carbocycles. The number of morpholine rings is 1. The van der Waals surface area contributed by atoms with E-state index in [0.717, 1.165) is 30.7 Å². The topological polar surface area (TPSA) is 118 Å². The van der Waals surface area contributed by atoms with Gasteiger partial charge in [0.2, 0.25) is 0 Å². The van der Waals surface area contributed by atoms with Gasteiger partial charge in [-0.1, -0.05) is 0 Å². The largest absolute Gasteiger partial charge is 0.462 e. The molecule has 2 aliphatic heterocycles. The molecule has 0 radical (unpaired) electrons. The van der Waals surface area contributed by atoms with E-state index in [1.165, 1.54) is 10.7 Å². The summed E-state index contributed by atoms with van der Waals surface area (Å²) in [4.78, 5) is 25.0. The summed E-state index contributed by atoms with van der Waals surface area (Å²) in [5.74, 6) is -0.915. The lowest BCUT2D eigenvalue weighted by Gasteiger charge is -2.38. The van der Waals surface area contributed by atoms with Gasteiger partial charge in [0, 0.05) is 73.3 Å². The molecule has 2 aromatic heterocycles. The third-order valence-corrected chi connectivity index (χ3v) is 7.19. The number of fused-ring (bicyclic) bond motifs is 2. The standard InChI is InChI=1S/C28H33FN8O3/c1-16-11-37(12-17(2)32-16)24-5-4-21(27(38)33-19-8-18-13-36(3)35-25(18)23(29)9-19)26-22(24)10-31-28(34-26)40-15-20-14-39-7-6-30-20/h4-5,8-10,13,16-17,20,30,32H,6-7,11-12,14-15H2,1-3H3,(H,33,38)/t16-,17-,20?/m0/s1. The van der Waals surface area contributed by atoms with Gasteiger partial charge in [-0.3, -0.25) is 9.48 Å². The minimum absolute atomic E-state index is 0.0308. The highest BCUT2D eigenvalue weighted by molar-refractivity contribution is 6.14. The Bertz CT molecular complexity index is 1540. The van der Waals surface area contributed by atoms with Crippen LogP contribution < -0.4 is 25.6 Å². The number of anilines is 2. The Balaban J connectivity index is 1.34. The van der Waals surface area contributed by atoms with Crippen molar-refractivity contribution in [3.8, 4) is 6.01 Å². The Morgan fingerprint density at radius 3 is 2.83 bits per heavy atom. The van der Waals surface area contributed by atoms with Crippen LogP contribution in [0.1, 0.15) is 24.2 Å². The van der Waals surface area contributed by atoms with Crippen LogP contribution in [0.3, 0.4) is 0 Å². The van der Waals surface area contributed by atoms with Crippen LogP contribution in [-0.4, -0.2) is 83.2 Å². The van der Waals surface area contributed by atoms with E-state index in [0.29, 0.717) is 54.1 Å². The van der Waals surface area contributed by atoms with Crippen LogP contribution in [0.15, 0.2) is 36.7 Å². The number of amides is 1. The zero-order valence-electron chi connectivity index (χ0n) is 22.8. The number of carbonyl (C=O) groups excluding carboxylic acids is 1. The third-order valence-electron chi connectivity index (χ3n) is 7.19. The van der Waals surface area contributed by atoms with E-state index < -0.39 is 11.7 Å². The number of nitrogens with zero attached hydrogens (tertiary/aromatic N) is 5. The van der Waals surface area contributed by atoms with Gasteiger partial charge in [0.25, 0.3) is 5.91 Å². The van der Waals surface area contributed by atoms with Crippen molar-refractivity contribution in [2.75, 3.05) is 49.7 Å². The number of aryl methyl sites for hydroxylation is 1. The van der Waals surface area contributed by atoms with Crippen LogP contribution in [0.2, 0.25) is 0 Å². The average Bonchev–Trinajstić information content (AvgIpc) is 3.32. The summed E-state index contributed by atoms with van der Waals surface area (Å²) in [5, 5.41) is 15.2. The Labute approximate surface area is 231 Å². The molecule has 12 heteroatoms. The summed E-state index contributed by atoms with van der Waals surface area (Å²) in [6.45, 7) is 8.22. The number of hydrogen-bond acceptors (Lipinski definition) is 9. The predicted molar refractivity (Wildman–Crippen MR) is 151 cm³/mol. The summed E-state index contributed by atoms with van der Waals surface area (Å²) < 4.78 is 27.6. The van der Waals surface area contributed by atoms with Crippen molar-refractivity contribution in [2.24, 2.45) is 7.05 Å². The highest BCUT2D eigenvalue weighted by Gasteiger charge is 2.25. The lowest BCUT2D eigenvalue weighted by molar-refractivity contribution is 0.0577. The Morgan fingerprint density at radius 1 is 1.23 bits per heavy atom. The predicted octanol–water partition coefficient (Wildman–Crippen LogP) is 2.46. The maximum absolute atomic E-state index is 14.7. The van der Waals surface area contributed by atoms with Crippen LogP contribution in [0.5, 0.6) is 6.01 Å². The molecule has 11 nitrogen and oxygen atoms in total. The first kappa shape index (κ1) is 26.4. The third kappa shape index (κ3) is 5.42. The van der Waals surface area contributed by atoms with Gasteiger partial charge in [0.05, 0.1) is 30.3 Å². The molecule has 2 saturated heterocycles. The highest BCUT2D eigenvalue weighted by Crippen LogP contribution is 2.31. The molecule has 0 bridgehead atoms. The van der Waals surface area contributed by atoms with E-state index in [-0.39, 0.29) is 17.6 Å². The van der Waals surface area contributed by atoms with Gasteiger partial charge in [0.1, 0.15) is 12.1 Å². The van der Waals surface area contributed by atoms with Gasteiger partial charge < -0.3 is 30.3 Å². The van der Waals surface area contributed by atoms with Crippen molar-refractivity contribution in [3.05, 3.63) is 48.0 Å². The second kappa shape index (κ2) is 11.0. The molecule has 3 atom stereocenters.